The zero-order chi connectivity index (χ0) is 12.5. The van der Waals surface area contributed by atoms with E-state index in [0.29, 0.717) is 6.07 Å². The van der Waals surface area contributed by atoms with Crippen molar-refractivity contribution in [2.75, 3.05) is 0 Å². The smallest absolute Gasteiger partial charge is 0.238 e. The fraction of sp³-hybridized carbons (Fsp3) is 0.143. The number of pyridine rings is 1. The molecule has 0 aromatic carbocycles. The summed E-state index contributed by atoms with van der Waals surface area (Å²) in [6.45, 7) is 0. The topological polar surface area (TPSA) is 96.8 Å². The highest BCUT2D eigenvalue weighted by Gasteiger charge is 2.23. The molecule has 0 aliphatic rings. The molecule has 0 unspecified atom stereocenters. The van der Waals surface area contributed by atoms with Crippen LogP contribution in [0.25, 0.3) is 0 Å². The molecule has 0 aliphatic heterocycles. The average Bonchev–Trinajstić information content (AvgIpc) is 2.14. The first-order chi connectivity index (χ1) is 7.27. The SMILES string of the molecule is N#Cc1cc(C(F)F)nc(Br)c1S(N)(=O)=O. The number of hydrogen-bond donors (Lipinski definition) is 1. The minimum atomic E-state index is -4.20. The van der Waals surface area contributed by atoms with Gasteiger partial charge in [0.2, 0.25) is 10.0 Å². The summed E-state index contributed by atoms with van der Waals surface area (Å²) in [7, 11) is -4.20. The van der Waals surface area contributed by atoms with Gasteiger partial charge in [0.15, 0.2) is 0 Å². The summed E-state index contributed by atoms with van der Waals surface area (Å²) >= 11 is 2.69. The second-order valence-electron chi connectivity index (χ2n) is 2.67. The minimum Gasteiger partial charge on any atom is -0.238 e. The van der Waals surface area contributed by atoms with E-state index >= 15 is 0 Å². The van der Waals surface area contributed by atoms with E-state index < -0.39 is 37.2 Å². The van der Waals surface area contributed by atoms with E-state index in [1.807, 2.05) is 0 Å². The molecule has 0 aliphatic carbocycles. The number of primary sulfonamides is 1. The number of alkyl halides is 2. The Morgan fingerprint density at radius 1 is 1.56 bits per heavy atom. The maximum absolute atomic E-state index is 12.3. The number of aromatic nitrogens is 1. The van der Waals surface area contributed by atoms with Crippen LogP contribution in [0.3, 0.4) is 0 Å². The molecule has 0 saturated heterocycles. The van der Waals surface area contributed by atoms with E-state index in [1.165, 1.54) is 6.07 Å². The molecule has 0 radical (unpaired) electrons. The molecule has 0 fully saturated rings. The zero-order valence-electron chi connectivity index (χ0n) is 7.49. The molecular weight excluding hydrogens is 308 g/mol. The predicted octanol–water partition coefficient (Wildman–Crippen LogP) is 1.30. The Bertz CT molecular complexity index is 568. The second kappa shape index (κ2) is 4.40. The molecule has 1 aromatic rings. The Morgan fingerprint density at radius 2 is 2.12 bits per heavy atom. The Morgan fingerprint density at radius 3 is 2.50 bits per heavy atom. The molecule has 1 aromatic heterocycles. The quantitative estimate of drug-likeness (QED) is 0.832. The molecular formula is C7H4BrF2N3O2S. The van der Waals surface area contributed by atoms with Crippen molar-refractivity contribution in [2.24, 2.45) is 5.14 Å². The largest absolute Gasteiger partial charge is 0.280 e. The number of hydrogen-bond acceptors (Lipinski definition) is 4. The molecule has 0 atom stereocenters. The number of sulfonamides is 1. The number of nitrogens with two attached hydrogens (primary N) is 1. The van der Waals surface area contributed by atoms with Crippen molar-refractivity contribution in [1.82, 2.24) is 4.98 Å². The Hall–Kier alpha value is -1.11. The highest BCUT2D eigenvalue weighted by molar-refractivity contribution is 9.10. The van der Waals surface area contributed by atoms with E-state index in [-0.39, 0.29) is 0 Å². The first-order valence-electron chi connectivity index (χ1n) is 3.69. The molecule has 0 amide bonds. The van der Waals surface area contributed by atoms with E-state index in [0.717, 1.165) is 0 Å². The maximum atomic E-state index is 12.3. The zero-order valence-corrected chi connectivity index (χ0v) is 9.89. The van der Waals surface area contributed by atoms with Crippen LogP contribution in [0.1, 0.15) is 17.7 Å². The van der Waals surface area contributed by atoms with E-state index in [1.54, 1.807) is 0 Å². The van der Waals surface area contributed by atoms with Gasteiger partial charge in [0.05, 0.1) is 5.56 Å². The fourth-order valence-corrected chi connectivity index (χ4v) is 2.77. The molecule has 16 heavy (non-hydrogen) atoms. The molecule has 2 N–H and O–H groups in total. The van der Waals surface area contributed by atoms with Crippen molar-refractivity contribution in [1.29, 1.82) is 5.26 Å². The summed E-state index contributed by atoms with van der Waals surface area (Å²) in [6, 6.07) is 2.17. The van der Waals surface area contributed by atoms with Gasteiger partial charge in [-0.25, -0.2) is 27.3 Å². The van der Waals surface area contributed by atoms with Gasteiger partial charge in [-0.05, 0) is 22.0 Å². The molecule has 0 saturated carbocycles. The molecule has 0 spiro atoms. The van der Waals surface area contributed by atoms with Gasteiger partial charge in [-0.1, -0.05) is 0 Å². The van der Waals surface area contributed by atoms with E-state index in [9.17, 15) is 17.2 Å². The summed E-state index contributed by atoms with van der Waals surface area (Å²) in [5.41, 5.74) is -1.17. The lowest BCUT2D eigenvalue weighted by Gasteiger charge is -2.06. The van der Waals surface area contributed by atoms with Crippen LogP contribution >= 0.6 is 15.9 Å². The van der Waals surface area contributed by atoms with Crippen LogP contribution in [0.5, 0.6) is 0 Å². The third-order valence-corrected chi connectivity index (χ3v) is 3.40. The summed E-state index contributed by atoms with van der Waals surface area (Å²) in [6.07, 6.45) is -2.90. The molecule has 1 heterocycles. The monoisotopic (exact) mass is 311 g/mol. The normalized spacial score (nSPS) is 11.5. The summed E-state index contributed by atoms with van der Waals surface area (Å²) in [5, 5.41) is 13.5. The van der Waals surface area contributed by atoms with Crippen molar-refractivity contribution >= 4 is 26.0 Å². The van der Waals surface area contributed by atoms with Crippen molar-refractivity contribution < 1.29 is 17.2 Å². The molecule has 9 heteroatoms. The van der Waals surface area contributed by atoms with E-state index in [2.05, 4.69) is 20.9 Å². The third-order valence-electron chi connectivity index (χ3n) is 1.58. The van der Waals surface area contributed by atoms with Gasteiger partial charge < -0.3 is 0 Å². The number of rotatable bonds is 2. The van der Waals surface area contributed by atoms with Crippen molar-refractivity contribution in [3.05, 3.63) is 21.9 Å². The van der Waals surface area contributed by atoms with Gasteiger partial charge in [0.25, 0.3) is 6.43 Å². The average molecular weight is 312 g/mol. The maximum Gasteiger partial charge on any atom is 0.280 e. The van der Waals surface area contributed by atoms with E-state index in [4.69, 9.17) is 10.4 Å². The first kappa shape index (κ1) is 13.0. The first-order valence-corrected chi connectivity index (χ1v) is 6.02. The Kier molecular flexibility index (Phi) is 3.57. The third kappa shape index (κ3) is 2.52. The molecule has 1 rings (SSSR count). The van der Waals surface area contributed by atoms with Crippen LogP contribution in [-0.4, -0.2) is 13.4 Å². The summed E-state index contributed by atoms with van der Waals surface area (Å²) in [4.78, 5) is 2.71. The van der Waals surface area contributed by atoms with Gasteiger partial charge in [0.1, 0.15) is 21.3 Å². The van der Waals surface area contributed by atoms with Crippen molar-refractivity contribution in [2.45, 2.75) is 11.3 Å². The van der Waals surface area contributed by atoms with Gasteiger partial charge in [-0.3, -0.25) is 0 Å². The lowest BCUT2D eigenvalue weighted by Crippen LogP contribution is -2.16. The predicted molar refractivity (Wildman–Crippen MR) is 53.0 cm³/mol. The van der Waals surface area contributed by atoms with Gasteiger partial charge in [-0.15, -0.1) is 0 Å². The van der Waals surface area contributed by atoms with Crippen LogP contribution in [0.2, 0.25) is 0 Å². The van der Waals surface area contributed by atoms with Crippen LogP contribution in [0.4, 0.5) is 8.78 Å². The number of nitriles is 1. The summed E-state index contributed by atoms with van der Waals surface area (Å²) < 4.78 is 46.4. The fourth-order valence-electron chi connectivity index (χ4n) is 0.986. The van der Waals surface area contributed by atoms with Crippen LogP contribution < -0.4 is 5.14 Å². The highest BCUT2D eigenvalue weighted by Crippen LogP contribution is 2.27. The minimum absolute atomic E-state index is 0.399. The standard InChI is InChI=1S/C7H4BrF2N3O2S/c8-6-5(16(12,14)15)3(2-11)1-4(13-6)7(9)10/h1,7H,(H2,12,14,15). The van der Waals surface area contributed by atoms with Crippen molar-refractivity contribution in [3.8, 4) is 6.07 Å². The Balaban J connectivity index is 3.62. The lowest BCUT2D eigenvalue weighted by molar-refractivity contribution is 0.145. The summed E-state index contributed by atoms with van der Waals surface area (Å²) in [5.74, 6) is 0. The van der Waals surface area contributed by atoms with Crippen LogP contribution in [0, 0.1) is 11.3 Å². The highest BCUT2D eigenvalue weighted by atomic mass is 79.9. The van der Waals surface area contributed by atoms with Gasteiger partial charge >= 0.3 is 0 Å². The molecule has 86 valence electrons. The van der Waals surface area contributed by atoms with Gasteiger partial charge in [0, 0.05) is 0 Å². The second-order valence-corrected chi connectivity index (χ2v) is 4.92. The molecule has 0 bridgehead atoms. The number of halogens is 3. The van der Waals surface area contributed by atoms with Crippen LogP contribution in [0.15, 0.2) is 15.6 Å². The Labute approximate surface area is 98.1 Å². The van der Waals surface area contributed by atoms with Crippen LogP contribution in [-0.2, 0) is 10.0 Å². The van der Waals surface area contributed by atoms with Crippen molar-refractivity contribution in [3.63, 3.8) is 0 Å². The van der Waals surface area contributed by atoms with Gasteiger partial charge in [-0.2, -0.15) is 5.26 Å². The number of nitrogens with zero attached hydrogens (tertiary/aromatic N) is 2. The molecule has 5 nitrogen and oxygen atoms in total. The lowest BCUT2D eigenvalue weighted by atomic mass is 10.2.